The monoisotopic (exact) mass is 461 g/mol. The average molecular weight is 464 g/mol. The minimum Gasteiger partial charge on any atom is -1.00 e. The summed E-state index contributed by atoms with van der Waals surface area (Å²) in [5.41, 5.74) is 2.83. The van der Waals surface area contributed by atoms with Crippen molar-refractivity contribution in [2.75, 3.05) is 0 Å². The summed E-state index contributed by atoms with van der Waals surface area (Å²) in [5.74, 6) is 0. The summed E-state index contributed by atoms with van der Waals surface area (Å²) < 4.78 is 0. The molecule has 0 unspecified atom stereocenters. The fraction of sp³-hybridized carbons (Fsp3) is 0.600. The summed E-state index contributed by atoms with van der Waals surface area (Å²) in [6.07, 6.45) is 25.1. The molecule has 2 aliphatic carbocycles. The van der Waals surface area contributed by atoms with Crippen molar-refractivity contribution in [1.29, 1.82) is 0 Å². The van der Waals surface area contributed by atoms with Gasteiger partial charge in [-0.25, -0.2) is 23.3 Å². The third kappa shape index (κ3) is 20.7. The van der Waals surface area contributed by atoms with Gasteiger partial charge in [0.15, 0.2) is 0 Å². The molecule has 24 heavy (non-hydrogen) atoms. The molecule has 1 radical (unpaired) electrons. The van der Waals surface area contributed by atoms with Gasteiger partial charge in [-0.2, -0.15) is 12.2 Å². The van der Waals surface area contributed by atoms with Gasteiger partial charge in [-0.3, -0.25) is 12.2 Å². The zero-order valence-corrected chi connectivity index (χ0v) is 20.9. The van der Waals surface area contributed by atoms with E-state index in [0.717, 1.165) is 22.4 Å². The van der Waals surface area contributed by atoms with Crippen LogP contribution in [0.4, 0.5) is 0 Å². The Bertz CT molecular complexity index is 327. The van der Waals surface area contributed by atoms with Crippen LogP contribution in [0.15, 0.2) is 35.5 Å². The molecule has 0 atom stereocenters. The molecule has 0 aromatic carbocycles. The molecular weight excluding hydrogens is 430 g/mol. The van der Waals surface area contributed by atoms with E-state index >= 15 is 0 Å². The van der Waals surface area contributed by atoms with Crippen molar-refractivity contribution in [2.45, 2.75) is 78.3 Å². The van der Waals surface area contributed by atoms with Gasteiger partial charge in [-0.1, -0.05) is 65.5 Å². The molecule has 0 N–H and O–H groups in total. The summed E-state index contributed by atoms with van der Waals surface area (Å²) in [6.45, 7) is 8.86. The van der Waals surface area contributed by atoms with Crippen LogP contribution >= 0.6 is 0 Å². The Hall–Kier alpha value is 0.640. The maximum atomic E-state index is 3.30. The van der Waals surface area contributed by atoms with E-state index in [-0.39, 0.29) is 51.0 Å². The Morgan fingerprint density at radius 1 is 0.833 bits per heavy atom. The van der Waals surface area contributed by atoms with E-state index < -0.39 is 0 Å². The van der Waals surface area contributed by atoms with Crippen LogP contribution in [0.25, 0.3) is 0 Å². The van der Waals surface area contributed by atoms with Gasteiger partial charge in [0, 0.05) is 9.52 Å². The summed E-state index contributed by atoms with van der Waals surface area (Å²) in [6, 6.07) is 0. The average Bonchev–Trinajstić information content (AvgIpc) is 3.18. The molecule has 0 heterocycles. The normalized spacial score (nSPS) is 13.0. The van der Waals surface area contributed by atoms with Gasteiger partial charge in [0.05, 0.1) is 0 Å². The maximum absolute atomic E-state index is 3.30. The maximum Gasteiger partial charge on any atom is 4.00 e. The standard InChI is InChI=1S/2C9H13.C2H7Si.2ClH.Zr/c2*1-2-3-6-9-7-4-5-8-9;1-3-2;;;/h2*4,7H,2-3,5-6H2,1H3;3H,1-2H3;2*1H;/q2*-1;;;;+4/p-2. The second kappa shape index (κ2) is 25.9. The molecule has 0 fully saturated rings. The molecule has 0 nitrogen and oxygen atoms in total. The number of rotatable bonds is 6. The summed E-state index contributed by atoms with van der Waals surface area (Å²) >= 11 is 0. The largest absolute Gasteiger partial charge is 4.00 e. The van der Waals surface area contributed by atoms with Crippen LogP contribution in [0.1, 0.15) is 65.2 Å². The van der Waals surface area contributed by atoms with E-state index in [4.69, 9.17) is 0 Å². The van der Waals surface area contributed by atoms with Crippen LogP contribution in [0.3, 0.4) is 0 Å². The molecular formula is C20H33Cl2SiZr. The molecule has 0 aromatic heterocycles. The first-order chi connectivity index (χ1) is 10.3. The van der Waals surface area contributed by atoms with Crippen LogP contribution < -0.4 is 24.8 Å². The second-order valence-corrected chi connectivity index (χ2v) is 6.56. The minimum absolute atomic E-state index is 0. The predicted molar refractivity (Wildman–Crippen MR) is 99.0 cm³/mol. The summed E-state index contributed by atoms with van der Waals surface area (Å²) in [5, 5.41) is 0. The van der Waals surface area contributed by atoms with Crippen LogP contribution in [-0.4, -0.2) is 9.52 Å². The molecule has 0 spiro atoms. The third-order valence-corrected chi connectivity index (χ3v) is 3.13. The Kier molecular flexibility index (Phi) is 34.8. The summed E-state index contributed by atoms with van der Waals surface area (Å²) in [7, 11) is 0.750. The third-order valence-electron chi connectivity index (χ3n) is 3.13. The fourth-order valence-corrected chi connectivity index (χ4v) is 1.98. The molecule has 4 heteroatoms. The van der Waals surface area contributed by atoms with E-state index in [9.17, 15) is 0 Å². The van der Waals surface area contributed by atoms with Crippen LogP contribution in [0, 0.1) is 12.2 Å². The number of hydrogen-bond acceptors (Lipinski definition) is 0. The van der Waals surface area contributed by atoms with Crippen molar-refractivity contribution < 1.29 is 51.0 Å². The van der Waals surface area contributed by atoms with Crippen molar-refractivity contribution in [3.8, 4) is 0 Å². The van der Waals surface area contributed by atoms with Crippen LogP contribution in [0.2, 0.25) is 13.1 Å². The van der Waals surface area contributed by atoms with E-state index in [1.807, 2.05) is 0 Å². The zero-order chi connectivity index (χ0) is 15.8. The van der Waals surface area contributed by atoms with Crippen molar-refractivity contribution >= 4 is 9.52 Å². The van der Waals surface area contributed by atoms with E-state index in [1.54, 1.807) is 0 Å². The Morgan fingerprint density at radius 2 is 1.17 bits per heavy atom. The molecule has 0 aromatic rings. The van der Waals surface area contributed by atoms with Crippen molar-refractivity contribution in [3.63, 3.8) is 0 Å². The molecule has 0 amide bonds. The van der Waals surface area contributed by atoms with Gasteiger partial charge < -0.3 is 24.8 Å². The number of halogens is 2. The predicted octanol–water partition coefficient (Wildman–Crippen LogP) is 0.257. The molecule has 0 saturated heterocycles. The first kappa shape index (κ1) is 32.3. The molecule has 135 valence electrons. The molecule has 2 rings (SSSR count). The SMILES string of the molecule is CCCCC1=[C-]CC=C1.CCCCC1=[C-]CC=C1.C[SiH]C.[Cl-].[Cl-].[Zr+4]. The Morgan fingerprint density at radius 3 is 1.38 bits per heavy atom. The topological polar surface area (TPSA) is 0 Å². The van der Waals surface area contributed by atoms with Gasteiger partial charge in [-0.05, 0) is 0 Å². The van der Waals surface area contributed by atoms with Gasteiger partial charge in [0.1, 0.15) is 0 Å². The zero-order valence-electron chi connectivity index (χ0n) is 15.8. The Labute approximate surface area is 185 Å². The number of hydrogen-bond donors (Lipinski definition) is 0. The van der Waals surface area contributed by atoms with Gasteiger partial charge in [-0.15, -0.1) is 12.8 Å². The molecule has 0 aliphatic heterocycles. The minimum atomic E-state index is 0. The van der Waals surface area contributed by atoms with Crippen molar-refractivity contribution in [2.24, 2.45) is 0 Å². The first-order valence-electron chi connectivity index (χ1n) is 8.54. The van der Waals surface area contributed by atoms with Crippen LogP contribution in [0.5, 0.6) is 0 Å². The van der Waals surface area contributed by atoms with E-state index in [0.29, 0.717) is 0 Å². The summed E-state index contributed by atoms with van der Waals surface area (Å²) in [4.78, 5) is 0. The number of allylic oxidation sites excluding steroid dienone is 8. The van der Waals surface area contributed by atoms with Gasteiger partial charge in [0.2, 0.25) is 0 Å². The first-order valence-corrected chi connectivity index (χ1v) is 10.9. The van der Waals surface area contributed by atoms with Crippen LogP contribution in [-0.2, 0) is 26.2 Å². The van der Waals surface area contributed by atoms with Gasteiger partial charge in [0.25, 0.3) is 0 Å². The molecule has 0 bridgehead atoms. The fourth-order valence-electron chi connectivity index (χ4n) is 1.98. The quantitative estimate of drug-likeness (QED) is 0.392. The smallest absolute Gasteiger partial charge is 1.00 e. The second-order valence-electron chi connectivity index (χ2n) is 5.40. The molecule has 0 saturated carbocycles. The van der Waals surface area contributed by atoms with E-state index in [2.05, 4.69) is 63.4 Å². The van der Waals surface area contributed by atoms with Gasteiger partial charge >= 0.3 is 26.2 Å². The van der Waals surface area contributed by atoms with Crippen molar-refractivity contribution in [1.82, 2.24) is 0 Å². The van der Waals surface area contributed by atoms with Crippen molar-refractivity contribution in [3.05, 3.63) is 47.6 Å². The van der Waals surface area contributed by atoms with E-state index in [1.165, 1.54) is 49.7 Å². The molecule has 2 aliphatic rings. The Balaban J connectivity index is -0.000000130. The number of unbranched alkanes of at least 4 members (excludes halogenated alkanes) is 2.